The van der Waals surface area contributed by atoms with Gasteiger partial charge in [-0.3, -0.25) is 10.2 Å². The van der Waals surface area contributed by atoms with Crippen molar-refractivity contribution in [2.75, 3.05) is 0 Å². The molecule has 0 bridgehead atoms. The van der Waals surface area contributed by atoms with Crippen LogP contribution < -0.4 is 0 Å². The van der Waals surface area contributed by atoms with Crippen molar-refractivity contribution in [3.05, 3.63) is 34.4 Å². The highest BCUT2D eigenvalue weighted by Crippen LogP contribution is 2.20. The van der Waals surface area contributed by atoms with E-state index in [1.165, 1.54) is 0 Å². The fourth-order valence-corrected chi connectivity index (χ4v) is 1.37. The molecule has 0 saturated carbocycles. The SMILES string of the molecule is Cc1cccc(-c2nc(=S)[nH][nH]2)c1F. The lowest BCUT2D eigenvalue weighted by Crippen LogP contribution is -1.89. The van der Waals surface area contributed by atoms with E-state index >= 15 is 0 Å². The van der Waals surface area contributed by atoms with Gasteiger partial charge in [0.1, 0.15) is 5.82 Å². The normalized spacial score (nSPS) is 10.4. The molecule has 2 N–H and O–H groups in total. The topological polar surface area (TPSA) is 44.5 Å². The molecule has 1 aromatic heterocycles. The summed E-state index contributed by atoms with van der Waals surface area (Å²) in [5.41, 5.74) is 1.02. The van der Waals surface area contributed by atoms with Gasteiger partial charge in [-0.05, 0) is 30.8 Å². The molecular formula is C9H8FN3S. The monoisotopic (exact) mass is 209 g/mol. The first-order valence-electron chi connectivity index (χ1n) is 4.08. The zero-order chi connectivity index (χ0) is 10.1. The number of H-pyrrole nitrogens is 2. The van der Waals surface area contributed by atoms with Crippen molar-refractivity contribution < 1.29 is 4.39 Å². The number of aryl methyl sites for hydroxylation is 1. The van der Waals surface area contributed by atoms with Gasteiger partial charge in [-0.1, -0.05) is 12.1 Å². The van der Waals surface area contributed by atoms with Crippen molar-refractivity contribution in [1.29, 1.82) is 0 Å². The van der Waals surface area contributed by atoms with Gasteiger partial charge in [0.15, 0.2) is 5.82 Å². The van der Waals surface area contributed by atoms with E-state index in [9.17, 15) is 4.39 Å². The van der Waals surface area contributed by atoms with Crippen LogP contribution in [0.2, 0.25) is 0 Å². The number of hydrogen-bond donors (Lipinski definition) is 2. The van der Waals surface area contributed by atoms with E-state index in [0.717, 1.165) is 0 Å². The lowest BCUT2D eigenvalue weighted by Gasteiger charge is -2.00. The van der Waals surface area contributed by atoms with E-state index in [4.69, 9.17) is 12.2 Å². The Balaban J connectivity index is 2.62. The fourth-order valence-electron chi connectivity index (χ4n) is 1.23. The third-order valence-electron chi connectivity index (χ3n) is 1.95. The van der Waals surface area contributed by atoms with E-state index in [0.29, 0.717) is 21.7 Å². The van der Waals surface area contributed by atoms with E-state index < -0.39 is 0 Å². The molecule has 3 nitrogen and oxygen atoms in total. The Morgan fingerprint density at radius 2 is 2.14 bits per heavy atom. The number of hydrogen-bond acceptors (Lipinski definition) is 2. The van der Waals surface area contributed by atoms with Gasteiger partial charge in [-0.2, -0.15) is 4.98 Å². The number of aromatic nitrogens is 3. The van der Waals surface area contributed by atoms with Crippen molar-refractivity contribution in [1.82, 2.24) is 15.2 Å². The molecule has 0 aliphatic rings. The van der Waals surface area contributed by atoms with Crippen molar-refractivity contribution in [3.8, 4) is 11.4 Å². The number of nitrogens with zero attached hydrogens (tertiary/aromatic N) is 1. The van der Waals surface area contributed by atoms with Gasteiger partial charge in [-0.15, -0.1) is 0 Å². The molecule has 2 rings (SSSR count). The Bertz CT molecular complexity index is 515. The van der Waals surface area contributed by atoms with Gasteiger partial charge in [-0.25, -0.2) is 4.39 Å². The highest BCUT2D eigenvalue weighted by molar-refractivity contribution is 7.71. The predicted octanol–water partition coefficient (Wildman–Crippen LogP) is 2.58. The summed E-state index contributed by atoms with van der Waals surface area (Å²) in [6, 6.07) is 5.14. The second kappa shape index (κ2) is 3.34. The summed E-state index contributed by atoms with van der Waals surface area (Å²) in [4.78, 5) is 3.95. The van der Waals surface area contributed by atoms with Crippen LogP contribution in [0.25, 0.3) is 11.4 Å². The zero-order valence-corrected chi connectivity index (χ0v) is 8.28. The molecule has 0 saturated heterocycles. The first-order valence-corrected chi connectivity index (χ1v) is 4.49. The summed E-state index contributed by atoms with van der Waals surface area (Å²) >= 11 is 4.79. The van der Waals surface area contributed by atoms with Crippen LogP contribution in [0.1, 0.15) is 5.56 Å². The van der Waals surface area contributed by atoms with Crippen LogP contribution in [0.5, 0.6) is 0 Å². The highest BCUT2D eigenvalue weighted by Gasteiger charge is 2.08. The van der Waals surface area contributed by atoms with Gasteiger partial charge >= 0.3 is 0 Å². The van der Waals surface area contributed by atoms with Crippen molar-refractivity contribution >= 4 is 12.2 Å². The van der Waals surface area contributed by atoms with E-state index in [1.807, 2.05) is 0 Å². The predicted molar refractivity (Wildman–Crippen MR) is 53.9 cm³/mol. The molecule has 14 heavy (non-hydrogen) atoms. The second-order valence-corrected chi connectivity index (χ2v) is 3.34. The third-order valence-corrected chi connectivity index (χ3v) is 2.14. The maximum atomic E-state index is 13.6. The molecule has 1 heterocycles. The average Bonchev–Trinajstić information content (AvgIpc) is 2.57. The van der Waals surface area contributed by atoms with Crippen molar-refractivity contribution in [2.45, 2.75) is 6.92 Å². The van der Waals surface area contributed by atoms with Crippen LogP contribution in [0.4, 0.5) is 4.39 Å². The summed E-state index contributed by atoms with van der Waals surface area (Å²) in [6.07, 6.45) is 0. The number of nitrogens with one attached hydrogen (secondary N) is 2. The number of rotatable bonds is 1. The standard InChI is InChI=1S/C9H8FN3S/c1-5-3-2-4-6(7(5)10)8-11-9(14)13-12-8/h2-4H,1H3,(H2,11,12,13,14). The lowest BCUT2D eigenvalue weighted by molar-refractivity contribution is 0.621. The van der Waals surface area contributed by atoms with Gasteiger partial charge in [0, 0.05) is 0 Å². The van der Waals surface area contributed by atoms with E-state index in [1.54, 1.807) is 25.1 Å². The first-order chi connectivity index (χ1) is 6.68. The van der Waals surface area contributed by atoms with Crippen molar-refractivity contribution in [3.63, 3.8) is 0 Å². The molecule has 0 atom stereocenters. The second-order valence-electron chi connectivity index (χ2n) is 2.95. The molecule has 0 fully saturated rings. The molecule has 0 unspecified atom stereocenters. The molecule has 5 heteroatoms. The minimum Gasteiger partial charge on any atom is -0.282 e. The average molecular weight is 209 g/mol. The third kappa shape index (κ3) is 1.46. The Morgan fingerprint density at radius 1 is 1.36 bits per heavy atom. The Morgan fingerprint density at radius 3 is 2.79 bits per heavy atom. The van der Waals surface area contributed by atoms with Gasteiger partial charge in [0.05, 0.1) is 5.56 Å². The summed E-state index contributed by atoms with van der Waals surface area (Å²) in [7, 11) is 0. The van der Waals surface area contributed by atoms with Crippen LogP contribution in [0.15, 0.2) is 18.2 Å². The molecular weight excluding hydrogens is 201 g/mol. The van der Waals surface area contributed by atoms with Crippen molar-refractivity contribution in [2.24, 2.45) is 0 Å². The minimum absolute atomic E-state index is 0.273. The molecule has 0 aliphatic heterocycles. The Labute approximate surface area is 85.0 Å². The van der Waals surface area contributed by atoms with E-state index in [2.05, 4.69) is 15.2 Å². The number of benzene rings is 1. The van der Waals surface area contributed by atoms with Crippen LogP contribution in [-0.4, -0.2) is 15.2 Å². The first kappa shape index (κ1) is 9.08. The molecule has 72 valence electrons. The molecule has 1 aromatic carbocycles. The highest BCUT2D eigenvalue weighted by atomic mass is 32.1. The minimum atomic E-state index is -0.273. The smallest absolute Gasteiger partial charge is 0.213 e. The summed E-state index contributed by atoms with van der Waals surface area (Å²) in [5, 5.41) is 5.34. The van der Waals surface area contributed by atoms with E-state index in [-0.39, 0.29) is 5.82 Å². The maximum absolute atomic E-state index is 13.6. The zero-order valence-electron chi connectivity index (χ0n) is 7.47. The lowest BCUT2D eigenvalue weighted by atomic mass is 10.1. The van der Waals surface area contributed by atoms with Crippen LogP contribution in [0, 0.1) is 17.5 Å². The number of aromatic amines is 2. The Kier molecular flexibility index (Phi) is 2.17. The molecule has 0 spiro atoms. The largest absolute Gasteiger partial charge is 0.282 e. The van der Waals surface area contributed by atoms with Gasteiger partial charge in [0.25, 0.3) is 0 Å². The summed E-state index contributed by atoms with van der Waals surface area (Å²) in [6.45, 7) is 1.71. The Hall–Kier alpha value is -1.49. The molecule has 0 radical (unpaired) electrons. The molecule has 2 aromatic rings. The molecule has 0 aliphatic carbocycles. The van der Waals surface area contributed by atoms with Crippen LogP contribution in [-0.2, 0) is 0 Å². The summed E-state index contributed by atoms with van der Waals surface area (Å²) in [5.74, 6) is 0.154. The van der Waals surface area contributed by atoms with Crippen LogP contribution >= 0.6 is 12.2 Å². The van der Waals surface area contributed by atoms with Crippen LogP contribution in [0.3, 0.4) is 0 Å². The number of halogens is 1. The van der Waals surface area contributed by atoms with Gasteiger partial charge < -0.3 is 0 Å². The molecule has 0 amide bonds. The summed E-state index contributed by atoms with van der Waals surface area (Å²) < 4.78 is 13.9. The fraction of sp³-hybridized carbons (Fsp3) is 0.111. The van der Waals surface area contributed by atoms with Gasteiger partial charge in [0.2, 0.25) is 4.77 Å². The maximum Gasteiger partial charge on any atom is 0.213 e. The quantitative estimate of drug-likeness (QED) is 0.709.